The van der Waals surface area contributed by atoms with Crippen molar-refractivity contribution in [1.29, 1.82) is 0 Å². The molecule has 0 spiro atoms. The molecular weight excluding hydrogens is 438 g/mol. The van der Waals surface area contributed by atoms with Gasteiger partial charge in [-0.25, -0.2) is 4.98 Å². The molecule has 30 heavy (non-hydrogen) atoms. The summed E-state index contributed by atoms with van der Waals surface area (Å²) in [7, 11) is 0. The van der Waals surface area contributed by atoms with E-state index >= 15 is 0 Å². The van der Waals surface area contributed by atoms with Gasteiger partial charge in [0.2, 0.25) is 0 Å². The lowest BCUT2D eigenvalue weighted by Gasteiger charge is -2.37. The predicted octanol–water partition coefficient (Wildman–Crippen LogP) is 4.79. The van der Waals surface area contributed by atoms with Crippen LogP contribution >= 0.6 is 15.9 Å². The first kappa shape index (κ1) is 19.8. The summed E-state index contributed by atoms with van der Waals surface area (Å²) in [6, 6.07) is 11.3. The van der Waals surface area contributed by atoms with Crippen LogP contribution in [0.1, 0.15) is 36.8 Å². The van der Waals surface area contributed by atoms with Crippen molar-refractivity contribution in [2.24, 2.45) is 4.99 Å². The summed E-state index contributed by atoms with van der Waals surface area (Å²) >= 11 is 3.57. The van der Waals surface area contributed by atoms with E-state index in [0.717, 1.165) is 40.7 Å². The molecule has 0 bridgehead atoms. The maximum atomic E-state index is 4.73. The molecule has 1 aromatic carbocycles. The number of likely N-dealkylation sites (tertiary alicyclic amines) is 1. The molecule has 0 aliphatic carbocycles. The van der Waals surface area contributed by atoms with Crippen molar-refractivity contribution in [1.82, 2.24) is 9.88 Å². The van der Waals surface area contributed by atoms with E-state index in [9.17, 15) is 0 Å². The molecular formula is C24H28BrN5. The zero-order valence-electron chi connectivity index (χ0n) is 17.2. The molecule has 5 rings (SSSR count). The first-order valence-electron chi connectivity index (χ1n) is 11.0. The highest BCUT2D eigenvalue weighted by molar-refractivity contribution is 9.10. The standard InChI is InChI=1S/C24H28BrN5/c25-20-4-3-18-14-26-15-19(23(18)13-20)16-27-21-5-6-24(28-17-21)30-11-7-22(8-12-30)29-9-1-2-10-29/h3-6,13-14,16-17,22,27H,1-2,7-12,15H2/b19-16+. The largest absolute Gasteiger partial charge is 0.360 e. The number of hydrogen-bond donors (Lipinski definition) is 1. The van der Waals surface area contributed by atoms with E-state index in [0.29, 0.717) is 6.54 Å². The number of anilines is 2. The van der Waals surface area contributed by atoms with E-state index in [2.05, 4.69) is 72.6 Å². The predicted molar refractivity (Wildman–Crippen MR) is 128 cm³/mol. The molecule has 2 saturated heterocycles. The second-order valence-corrected chi connectivity index (χ2v) is 9.30. The van der Waals surface area contributed by atoms with Gasteiger partial charge in [-0.15, -0.1) is 0 Å². The monoisotopic (exact) mass is 465 g/mol. The minimum absolute atomic E-state index is 0.688. The van der Waals surface area contributed by atoms with Crippen molar-refractivity contribution in [2.75, 3.05) is 42.9 Å². The minimum Gasteiger partial charge on any atom is -0.360 e. The van der Waals surface area contributed by atoms with Crippen LogP contribution in [0.4, 0.5) is 11.5 Å². The van der Waals surface area contributed by atoms with E-state index in [1.54, 1.807) is 0 Å². The molecule has 1 N–H and O–H groups in total. The molecule has 0 atom stereocenters. The average molecular weight is 466 g/mol. The molecule has 5 nitrogen and oxygen atoms in total. The number of pyridine rings is 1. The van der Waals surface area contributed by atoms with Crippen molar-refractivity contribution < 1.29 is 0 Å². The van der Waals surface area contributed by atoms with Gasteiger partial charge in [0.25, 0.3) is 0 Å². The summed E-state index contributed by atoms with van der Waals surface area (Å²) in [5.74, 6) is 1.09. The van der Waals surface area contributed by atoms with E-state index < -0.39 is 0 Å². The molecule has 0 unspecified atom stereocenters. The zero-order chi connectivity index (χ0) is 20.3. The second kappa shape index (κ2) is 8.90. The molecule has 2 aromatic rings. The minimum atomic E-state index is 0.688. The van der Waals surface area contributed by atoms with E-state index in [-0.39, 0.29) is 0 Å². The third kappa shape index (κ3) is 4.30. The number of halogens is 1. The average Bonchev–Trinajstić information content (AvgIpc) is 3.33. The summed E-state index contributed by atoms with van der Waals surface area (Å²) in [6.07, 6.45) is 11.2. The summed E-state index contributed by atoms with van der Waals surface area (Å²) in [4.78, 5) is 14.3. The van der Waals surface area contributed by atoms with Gasteiger partial charge in [0.15, 0.2) is 0 Å². The SMILES string of the molecule is Brc1ccc2c(c1)/C(=C/Nc1ccc(N3CCC(N4CCCC4)CC3)nc1)CN=C2. The fourth-order valence-corrected chi connectivity index (χ4v) is 5.13. The number of nitrogens with zero attached hydrogens (tertiary/aromatic N) is 4. The number of benzene rings is 1. The quantitative estimate of drug-likeness (QED) is 0.704. The van der Waals surface area contributed by atoms with Crippen LogP contribution in [0.5, 0.6) is 0 Å². The van der Waals surface area contributed by atoms with Crippen LogP contribution in [-0.4, -0.2) is 54.9 Å². The van der Waals surface area contributed by atoms with Gasteiger partial charge in [-0.2, -0.15) is 0 Å². The highest BCUT2D eigenvalue weighted by Crippen LogP contribution is 2.27. The molecule has 0 amide bonds. The number of aromatic nitrogens is 1. The normalized spacial score (nSPS) is 21.2. The first-order chi connectivity index (χ1) is 14.8. The van der Waals surface area contributed by atoms with Crippen LogP contribution in [0, 0.1) is 0 Å². The van der Waals surface area contributed by atoms with Gasteiger partial charge >= 0.3 is 0 Å². The Labute approximate surface area is 187 Å². The Morgan fingerprint density at radius 1 is 1.03 bits per heavy atom. The number of hydrogen-bond acceptors (Lipinski definition) is 5. The molecule has 3 aliphatic rings. The molecule has 6 heteroatoms. The topological polar surface area (TPSA) is 43.8 Å². The van der Waals surface area contributed by atoms with Crippen molar-refractivity contribution >= 4 is 39.2 Å². The van der Waals surface area contributed by atoms with E-state index in [1.807, 2.05) is 12.4 Å². The van der Waals surface area contributed by atoms with Crippen molar-refractivity contribution in [3.05, 3.63) is 58.3 Å². The summed E-state index contributed by atoms with van der Waals surface area (Å²) < 4.78 is 1.09. The maximum absolute atomic E-state index is 4.73. The summed E-state index contributed by atoms with van der Waals surface area (Å²) in [5.41, 5.74) is 4.56. The van der Waals surface area contributed by atoms with Gasteiger partial charge in [-0.05, 0) is 79.7 Å². The Hall–Kier alpha value is -2.18. The molecule has 4 heterocycles. The highest BCUT2D eigenvalue weighted by atomic mass is 79.9. The van der Waals surface area contributed by atoms with Gasteiger partial charge < -0.3 is 15.1 Å². The number of fused-ring (bicyclic) bond motifs is 1. The highest BCUT2D eigenvalue weighted by Gasteiger charge is 2.26. The molecule has 2 fully saturated rings. The lowest BCUT2D eigenvalue weighted by Crippen LogP contribution is -2.44. The summed E-state index contributed by atoms with van der Waals surface area (Å²) in [5, 5.41) is 3.41. The van der Waals surface area contributed by atoms with Crippen LogP contribution in [0.2, 0.25) is 0 Å². The molecule has 0 saturated carbocycles. The molecule has 3 aliphatic heterocycles. The molecule has 156 valence electrons. The van der Waals surface area contributed by atoms with Gasteiger partial charge in [0.1, 0.15) is 5.82 Å². The van der Waals surface area contributed by atoms with Crippen molar-refractivity contribution in [3.8, 4) is 0 Å². The Bertz CT molecular complexity index is 939. The third-order valence-corrected chi connectivity index (χ3v) is 6.95. The smallest absolute Gasteiger partial charge is 0.128 e. The Kier molecular flexibility index (Phi) is 5.86. The van der Waals surface area contributed by atoms with Gasteiger partial charge in [0.05, 0.1) is 18.4 Å². The fourth-order valence-electron chi connectivity index (χ4n) is 4.77. The van der Waals surface area contributed by atoms with Gasteiger partial charge in [-0.1, -0.05) is 22.0 Å². The summed E-state index contributed by atoms with van der Waals surface area (Å²) in [6.45, 7) is 5.49. The van der Waals surface area contributed by atoms with Gasteiger partial charge in [0, 0.05) is 36.0 Å². The first-order valence-corrected chi connectivity index (χ1v) is 11.8. The van der Waals surface area contributed by atoms with Crippen molar-refractivity contribution in [2.45, 2.75) is 31.7 Å². The Morgan fingerprint density at radius 2 is 1.87 bits per heavy atom. The van der Waals surface area contributed by atoms with Crippen LogP contribution < -0.4 is 10.2 Å². The van der Waals surface area contributed by atoms with E-state index in [4.69, 9.17) is 4.98 Å². The zero-order valence-corrected chi connectivity index (χ0v) is 18.8. The van der Waals surface area contributed by atoms with Crippen LogP contribution in [-0.2, 0) is 0 Å². The Morgan fingerprint density at radius 3 is 2.63 bits per heavy atom. The van der Waals surface area contributed by atoms with Crippen LogP contribution in [0.3, 0.4) is 0 Å². The maximum Gasteiger partial charge on any atom is 0.128 e. The number of rotatable bonds is 4. The van der Waals surface area contributed by atoms with Crippen LogP contribution in [0.15, 0.2) is 52.2 Å². The lowest BCUT2D eigenvalue weighted by atomic mass is 9.99. The van der Waals surface area contributed by atoms with E-state index in [1.165, 1.54) is 49.9 Å². The number of aliphatic imine (C=N–C) groups is 1. The Balaban J connectivity index is 1.21. The molecule has 1 aromatic heterocycles. The lowest BCUT2D eigenvalue weighted by molar-refractivity contribution is 0.207. The van der Waals surface area contributed by atoms with Crippen LogP contribution in [0.25, 0.3) is 5.57 Å². The fraction of sp³-hybridized carbons (Fsp3) is 0.417. The number of piperidine rings is 1. The molecule has 0 radical (unpaired) electrons. The van der Waals surface area contributed by atoms with Crippen molar-refractivity contribution in [3.63, 3.8) is 0 Å². The number of nitrogens with one attached hydrogen (secondary N) is 1. The third-order valence-electron chi connectivity index (χ3n) is 6.46. The van der Waals surface area contributed by atoms with Gasteiger partial charge in [-0.3, -0.25) is 4.99 Å². The second-order valence-electron chi connectivity index (χ2n) is 8.38.